The van der Waals surface area contributed by atoms with Gasteiger partial charge < -0.3 is 15.2 Å². The molecule has 1 aliphatic heterocycles. The van der Waals surface area contributed by atoms with Crippen molar-refractivity contribution in [3.05, 3.63) is 46.4 Å². The van der Waals surface area contributed by atoms with Crippen LogP contribution in [0, 0.1) is 0 Å². The molecule has 3 rings (SSSR count). The number of ether oxygens (including phenoxy) is 1. The van der Waals surface area contributed by atoms with Crippen LogP contribution in [0.25, 0.3) is 0 Å². The minimum Gasteiger partial charge on any atom is -0.494 e. The molecule has 0 spiro atoms. The third-order valence-electron chi connectivity index (χ3n) is 4.26. The quantitative estimate of drug-likeness (QED) is 0.822. The number of thiazole rings is 1. The van der Waals surface area contributed by atoms with Gasteiger partial charge in [0.15, 0.2) is 0 Å². The van der Waals surface area contributed by atoms with E-state index >= 15 is 0 Å². The highest BCUT2D eigenvalue weighted by Gasteiger charge is 2.29. The van der Waals surface area contributed by atoms with Gasteiger partial charge in [-0.3, -0.25) is 9.69 Å². The molecule has 1 amide bonds. The van der Waals surface area contributed by atoms with Crippen molar-refractivity contribution in [3.8, 4) is 5.75 Å². The van der Waals surface area contributed by atoms with E-state index in [0.29, 0.717) is 30.9 Å². The largest absolute Gasteiger partial charge is 0.494 e. The summed E-state index contributed by atoms with van der Waals surface area (Å²) in [5.74, 6) is 0.493. The van der Waals surface area contributed by atoms with Gasteiger partial charge in [0.2, 0.25) is 0 Å². The van der Waals surface area contributed by atoms with Gasteiger partial charge in [-0.1, -0.05) is 6.07 Å². The van der Waals surface area contributed by atoms with Gasteiger partial charge in [-0.15, -0.1) is 11.3 Å². The first-order valence-corrected chi connectivity index (χ1v) is 9.41. The number of piperidine rings is 1. The SMILES string of the molecule is CCOc1cccc(C(=O)N[C@@H]2CCN(Cc3cscn3)C[C@H]2O)c1. The molecular weight excluding hydrogens is 338 g/mol. The predicted molar refractivity (Wildman–Crippen MR) is 96.9 cm³/mol. The second-order valence-electron chi connectivity index (χ2n) is 6.11. The van der Waals surface area contributed by atoms with Crippen molar-refractivity contribution in [1.82, 2.24) is 15.2 Å². The van der Waals surface area contributed by atoms with Crippen molar-refractivity contribution in [2.24, 2.45) is 0 Å². The lowest BCUT2D eigenvalue weighted by molar-refractivity contribution is 0.0346. The van der Waals surface area contributed by atoms with Gasteiger partial charge in [-0.05, 0) is 31.5 Å². The number of carbonyl (C=O) groups excluding carboxylic acids is 1. The summed E-state index contributed by atoms with van der Waals surface area (Å²) in [6, 6.07) is 6.86. The number of aliphatic hydroxyl groups excluding tert-OH is 1. The molecule has 6 nitrogen and oxygen atoms in total. The van der Waals surface area contributed by atoms with Gasteiger partial charge in [0, 0.05) is 30.6 Å². The fraction of sp³-hybridized carbons (Fsp3) is 0.444. The molecule has 1 aliphatic rings. The molecule has 0 radical (unpaired) electrons. The van der Waals surface area contributed by atoms with Gasteiger partial charge >= 0.3 is 0 Å². The Bertz CT molecular complexity index is 693. The number of aromatic nitrogens is 1. The van der Waals surface area contributed by atoms with E-state index in [-0.39, 0.29) is 11.9 Å². The number of β-amino-alcohol motifs (C(OH)–C–C–N with tert-alkyl or cyclic N) is 1. The number of aliphatic hydroxyl groups is 1. The van der Waals surface area contributed by atoms with E-state index in [0.717, 1.165) is 18.8 Å². The van der Waals surface area contributed by atoms with E-state index in [1.54, 1.807) is 29.5 Å². The van der Waals surface area contributed by atoms with Crippen LogP contribution in [0.15, 0.2) is 35.2 Å². The molecule has 1 aromatic heterocycles. The highest BCUT2D eigenvalue weighted by Crippen LogP contribution is 2.17. The van der Waals surface area contributed by atoms with Crippen molar-refractivity contribution in [3.63, 3.8) is 0 Å². The zero-order chi connectivity index (χ0) is 17.6. The normalized spacial score (nSPS) is 21.0. The molecule has 25 heavy (non-hydrogen) atoms. The molecule has 2 N–H and O–H groups in total. The lowest BCUT2D eigenvalue weighted by Crippen LogP contribution is -2.53. The van der Waals surface area contributed by atoms with Crippen LogP contribution in [0.1, 0.15) is 29.4 Å². The summed E-state index contributed by atoms with van der Waals surface area (Å²) in [4.78, 5) is 18.9. The average molecular weight is 361 g/mol. The average Bonchev–Trinajstić information content (AvgIpc) is 3.11. The molecule has 1 saturated heterocycles. The standard InChI is InChI=1S/C18H23N3O3S/c1-2-24-15-5-3-4-13(8-15)18(23)20-16-6-7-21(10-17(16)22)9-14-11-25-12-19-14/h3-5,8,11-12,16-17,22H,2,6-7,9-10H2,1H3,(H,20,23)/t16-,17-/m1/s1. The van der Waals surface area contributed by atoms with Crippen LogP contribution < -0.4 is 10.1 Å². The molecule has 1 fully saturated rings. The van der Waals surface area contributed by atoms with Gasteiger partial charge in [-0.25, -0.2) is 4.98 Å². The third-order valence-corrected chi connectivity index (χ3v) is 4.89. The fourth-order valence-electron chi connectivity index (χ4n) is 3.00. The number of hydrogen-bond acceptors (Lipinski definition) is 6. The van der Waals surface area contributed by atoms with Gasteiger partial charge in [-0.2, -0.15) is 0 Å². The topological polar surface area (TPSA) is 74.7 Å². The highest BCUT2D eigenvalue weighted by atomic mass is 32.1. The first-order chi connectivity index (χ1) is 12.2. The number of nitrogens with zero attached hydrogens (tertiary/aromatic N) is 2. The summed E-state index contributed by atoms with van der Waals surface area (Å²) in [7, 11) is 0. The van der Waals surface area contributed by atoms with Crippen LogP contribution >= 0.6 is 11.3 Å². The summed E-state index contributed by atoms with van der Waals surface area (Å²) >= 11 is 1.57. The van der Waals surface area contributed by atoms with Crippen molar-refractivity contribution in [2.75, 3.05) is 19.7 Å². The van der Waals surface area contributed by atoms with E-state index in [2.05, 4.69) is 15.2 Å². The maximum atomic E-state index is 12.5. The van der Waals surface area contributed by atoms with Crippen molar-refractivity contribution in [1.29, 1.82) is 0 Å². The van der Waals surface area contributed by atoms with Gasteiger partial charge in [0.05, 0.1) is 30.0 Å². The van der Waals surface area contributed by atoms with Crippen molar-refractivity contribution in [2.45, 2.75) is 32.0 Å². The Labute approximate surface area is 151 Å². The maximum Gasteiger partial charge on any atom is 0.251 e. The summed E-state index contributed by atoms with van der Waals surface area (Å²) < 4.78 is 5.43. The fourth-order valence-corrected chi connectivity index (χ4v) is 3.55. The molecule has 2 aromatic rings. The third kappa shape index (κ3) is 4.78. The number of nitrogens with one attached hydrogen (secondary N) is 1. The first kappa shape index (κ1) is 17.8. The summed E-state index contributed by atoms with van der Waals surface area (Å²) in [5, 5.41) is 15.4. The van der Waals surface area contributed by atoms with Crippen molar-refractivity contribution >= 4 is 17.2 Å². The summed E-state index contributed by atoms with van der Waals surface area (Å²) in [6.07, 6.45) is 0.119. The Morgan fingerprint density at radius 3 is 3.12 bits per heavy atom. The van der Waals surface area contributed by atoms with Crippen LogP contribution in [0.4, 0.5) is 0 Å². The highest BCUT2D eigenvalue weighted by molar-refractivity contribution is 7.07. The zero-order valence-electron chi connectivity index (χ0n) is 14.2. The molecule has 0 bridgehead atoms. The van der Waals surface area contributed by atoms with Crippen LogP contribution in [0.2, 0.25) is 0 Å². The molecule has 2 heterocycles. The minimum atomic E-state index is -0.591. The molecule has 2 atom stereocenters. The van der Waals surface area contributed by atoms with E-state index in [1.807, 2.05) is 23.9 Å². The predicted octanol–water partition coefficient (Wildman–Crippen LogP) is 1.91. The monoisotopic (exact) mass is 361 g/mol. The van der Waals surface area contributed by atoms with Crippen LogP contribution in [-0.4, -0.2) is 52.7 Å². The van der Waals surface area contributed by atoms with E-state index in [1.165, 1.54) is 0 Å². The van der Waals surface area contributed by atoms with Crippen molar-refractivity contribution < 1.29 is 14.6 Å². The van der Waals surface area contributed by atoms with E-state index in [9.17, 15) is 9.90 Å². The first-order valence-electron chi connectivity index (χ1n) is 8.47. The Morgan fingerprint density at radius 2 is 2.40 bits per heavy atom. The lowest BCUT2D eigenvalue weighted by atomic mass is 10.0. The van der Waals surface area contributed by atoms with Crippen LogP contribution in [-0.2, 0) is 6.54 Å². The van der Waals surface area contributed by atoms with Gasteiger partial charge in [0.25, 0.3) is 5.91 Å². The Kier molecular flexibility index (Phi) is 6.01. The number of rotatable bonds is 6. The molecule has 0 unspecified atom stereocenters. The van der Waals surface area contributed by atoms with E-state index in [4.69, 9.17) is 4.74 Å². The smallest absolute Gasteiger partial charge is 0.251 e. The van der Waals surface area contributed by atoms with Gasteiger partial charge in [0.1, 0.15) is 5.75 Å². The Hall–Kier alpha value is -1.96. The number of benzene rings is 1. The molecular formula is C18H23N3O3S. The van der Waals surface area contributed by atoms with Crippen LogP contribution in [0.3, 0.4) is 0 Å². The summed E-state index contributed by atoms with van der Waals surface area (Å²) in [6.45, 7) is 4.54. The second kappa shape index (κ2) is 8.42. The number of likely N-dealkylation sites (tertiary alicyclic amines) is 1. The number of hydrogen-bond donors (Lipinski definition) is 2. The summed E-state index contributed by atoms with van der Waals surface area (Å²) in [5.41, 5.74) is 3.38. The Morgan fingerprint density at radius 1 is 1.52 bits per heavy atom. The molecule has 134 valence electrons. The van der Waals surface area contributed by atoms with Crippen LogP contribution in [0.5, 0.6) is 5.75 Å². The lowest BCUT2D eigenvalue weighted by Gasteiger charge is -2.35. The minimum absolute atomic E-state index is 0.182. The molecule has 0 aliphatic carbocycles. The molecule has 0 saturated carbocycles. The zero-order valence-corrected chi connectivity index (χ0v) is 15.0. The Balaban J connectivity index is 1.54. The van der Waals surface area contributed by atoms with E-state index < -0.39 is 6.10 Å². The number of carbonyl (C=O) groups is 1. The molecule has 1 aromatic carbocycles. The number of amides is 1. The molecule has 7 heteroatoms. The maximum absolute atomic E-state index is 12.5. The second-order valence-corrected chi connectivity index (χ2v) is 6.83.